The van der Waals surface area contributed by atoms with E-state index in [0.29, 0.717) is 24.2 Å². The number of carbonyl (C=O) groups excluding carboxylic acids is 1. The van der Waals surface area contributed by atoms with Gasteiger partial charge < -0.3 is 14.9 Å². The summed E-state index contributed by atoms with van der Waals surface area (Å²) in [7, 11) is 0. The highest BCUT2D eigenvalue weighted by molar-refractivity contribution is 5.95. The molecule has 1 aliphatic rings. The van der Waals surface area contributed by atoms with Gasteiger partial charge in [-0.2, -0.15) is 0 Å². The van der Waals surface area contributed by atoms with Crippen LogP contribution in [0.15, 0.2) is 23.8 Å². The number of benzene rings is 1. The summed E-state index contributed by atoms with van der Waals surface area (Å²) in [6, 6.07) is 4.39. The Balaban J connectivity index is 2.31. The van der Waals surface area contributed by atoms with Crippen LogP contribution in [-0.4, -0.2) is 22.8 Å². The number of carbonyl (C=O) groups is 1. The van der Waals surface area contributed by atoms with Crippen molar-refractivity contribution < 1.29 is 19.7 Å². The van der Waals surface area contributed by atoms with Gasteiger partial charge in [-0.25, -0.2) is 4.79 Å². The molecule has 0 aromatic heterocycles. The molecule has 0 radical (unpaired) electrons. The van der Waals surface area contributed by atoms with Gasteiger partial charge in [-0.15, -0.1) is 0 Å². The Morgan fingerprint density at radius 3 is 2.67 bits per heavy atom. The number of rotatable bonds is 1. The van der Waals surface area contributed by atoms with Crippen LogP contribution in [0.5, 0.6) is 11.5 Å². The van der Waals surface area contributed by atoms with Crippen LogP contribution in [-0.2, 0) is 9.53 Å². The van der Waals surface area contributed by atoms with Crippen LogP contribution >= 0.6 is 0 Å². The van der Waals surface area contributed by atoms with E-state index in [9.17, 15) is 9.90 Å². The Kier molecular flexibility index (Phi) is 2.33. The molecule has 1 saturated heterocycles. The minimum Gasteiger partial charge on any atom is -0.504 e. The topological polar surface area (TPSA) is 66.8 Å². The van der Waals surface area contributed by atoms with E-state index in [0.717, 1.165) is 0 Å². The monoisotopic (exact) mass is 206 g/mol. The second kappa shape index (κ2) is 3.65. The molecule has 1 aromatic carbocycles. The number of aromatic hydroxyl groups is 2. The first-order valence-electron chi connectivity index (χ1n) is 4.56. The molecule has 0 amide bonds. The van der Waals surface area contributed by atoms with E-state index in [-0.39, 0.29) is 17.5 Å². The van der Waals surface area contributed by atoms with Crippen LogP contribution in [0.1, 0.15) is 12.0 Å². The first kappa shape index (κ1) is 9.58. The molecule has 0 atom stereocenters. The number of phenolic OH excluding ortho intramolecular Hbond substituents is 2. The molecule has 0 aliphatic carbocycles. The van der Waals surface area contributed by atoms with Gasteiger partial charge in [-0.3, -0.25) is 0 Å². The van der Waals surface area contributed by atoms with Crippen LogP contribution in [0.4, 0.5) is 0 Å². The molecule has 4 nitrogen and oxygen atoms in total. The Morgan fingerprint density at radius 1 is 1.27 bits per heavy atom. The Labute approximate surface area is 86.4 Å². The molecule has 0 bridgehead atoms. The molecule has 0 saturated carbocycles. The first-order chi connectivity index (χ1) is 7.16. The second-order valence-electron chi connectivity index (χ2n) is 3.30. The third-order valence-electron chi connectivity index (χ3n) is 2.21. The molecule has 0 unspecified atom stereocenters. The molecule has 1 fully saturated rings. The predicted molar refractivity (Wildman–Crippen MR) is 53.3 cm³/mol. The van der Waals surface area contributed by atoms with Crippen molar-refractivity contribution in [2.75, 3.05) is 6.61 Å². The Hall–Kier alpha value is -1.97. The summed E-state index contributed by atoms with van der Waals surface area (Å²) >= 11 is 0. The van der Waals surface area contributed by atoms with Crippen molar-refractivity contribution in [1.29, 1.82) is 0 Å². The molecule has 0 spiro atoms. The largest absolute Gasteiger partial charge is 0.504 e. The maximum Gasteiger partial charge on any atom is 0.334 e. The van der Waals surface area contributed by atoms with Crippen LogP contribution in [0.2, 0.25) is 0 Å². The lowest BCUT2D eigenvalue weighted by atomic mass is 10.1. The summed E-state index contributed by atoms with van der Waals surface area (Å²) < 4.78 is 4.77. The lowest BCUT2D eigenvalue weighted by Gasteiger charge is -1.99. The highest BCUT2D eigenvalue weighted by Gasteiger charge is 2.18. The Bertz CT molecular complexity index is 434. The number of cyclic esters (lactones) is 1. The number of hydrogen-bond acceptors (Lipinski definition) is 4. The van der Waals surface area contributed by atoms with Gasteiger partial charge in [0.05, 0.1) is 6.61 Å². The molecule has 2 rings (SSSR count). The minimum absolute atomic E-state index is 0.175. The van der Waals surface area contributed by atoms with E-state index in [4.69, 9.17) is 9.84 Å². The van der Waals surface area contributed by atoms with Gasteiger partial charge in [0.25, 0.3) is 0 Å². The molecule has 1 heterocycles. The van der Waals surface area contributed by atoms with Gasteiger partial charge >= 0.3 is 5.97 Å². The fraction of sp³-hybridized carbons (Fsp3) is 0.182. The zero-order valence-electron chi connectivity index (χ0n) is 7.93. The van der Waals surface area contributed by atoms with Crippen LogP contribution in [0.3, 0.4) is 0 Å². The van der Waals surface area contributed by atoms with E-state index in [1.54, 1.807) is 12.1 Å². The molecule has 2 N–H and O–H groups in total. The summed E-state index contributed by atoms with van der Waals surface area (Å²) in [6.45, 7) is 0.411. The van der Waals surface area contributed by atoms with E-state index in [2.05, 4.69) is 0 Å². The third kappa shape index (κ3) is 1.93. The number of ether oxygens (including phenoxy) is 1. The maximum absolute atomic E-state index is 11.1. The summed E-state index contributed by atoms with van der Waals surface area (Å²) in [6.07, 6.45) is 2.23. The third-order valence-corrected chi connectivity index (χ3v) is 2.21. The number of hydrogen-bond donors (Lipinski definition) is 2. The molecule has 1 aliphatic heterocycles. The van der Waals surface area contributed by atoms with Crippen molar-refractivity contribution in [2.45, 2.75) is 6.42 Å². The molecule has 78 valence electrons. The van der Waals surface area contributed by atoms with Crippen LogP contribution in [0, 0.1) is 0 Å². The molecule has 1 aromatic rings. The fourth-order valence-electron chi connectivity index (χ4n) is 1.41. The maximum atomic E-state index is 11.1. The van der Waals surface area contributed by atoms with Gasteiger partial charge in [-0.05, 0) is 23.8 Å². The van der Waals surface area contributed by atoms with Crippen molar-refractivity contribution in [1.82, 2.24) is 0 Å². The van der Waals surface area contributed by atoms with Gasteiger partial charge in [-0.1, -0.05) is 6.07 Å². The predicted octanol–water partition coefficient (Wildman–Crippen LogP) is 1.43. The smallest absolute Gasteiger partial charge is 0.334 e. The first-order valence-corrected chi connectivity index (χ1v) is 4.56. The lowest BCUT2D eigenvalue weighted by Crippen LogP contribution is -1.94. The molecule has 4 heteroatoms. The average molecular weight is 206 g/mol. The van der Waals surface area contributed by atoms with E-state index >= 15 is 0 Å². The summed E-state index contributed by atoms with van der Waals surface area (Å²) in [4.78, 5) is 11.1. The van der Waals surface area contributed by atoms with E-state index in [1.165, 1.54) is 12.1 Å². The van der Waals surface area contributed by atoms with Crippen molar-refractivity contribution in [2.24, 2.45) is 0 Å². The van der Waals surface area contributed by atoms with Crippen LogP contribution < -0.4 is 0 Å². The van der Waals surface area contributed by atoms with Gasteiger partial charge in [0.2, 0.25) is 0 Å². The highest BCUT2D eigenvalue weighted by Crippen LogP contribution is 2.27. The summed E-state index contributed by atoms with van der Waals surface area (Å²) in [5, 5.41) is 18.3. The normalized spacial score (nSPS) is 18.1. The molecular formula is C11H10O4. The second-order valence-corrected chi connectivity index (χ2v) is 3.30. The quantitative estimate of drug-likeness (QED) is 0.414. The lowest BCUT2D eigenvalue weighted by molar-refractivity contribution is -0.134. The standard InChI is InChI=1S/C11H10O4/c12-9-2-1-7(6-10(9)13)5-8-3-4-15-11(8)14/h1-2,5-6,12-13H,3-4H2/b8-5-. The Morgan fingerprint density at radius 2 is 2.07 bits per heavy atom. The van der Waals surface area contributed by atoms with E-state index < -0.39 is 0 Å². The van der Waals surface area contributed by atoms with Gasteiger partial charge in [0, 0.05) is 12.0 Å². The minimum atomic E-state index is -0.317. The zero-order chi connectivity index (χ0) is 10.8. The van der Waals surface area contributed by atoms with E-state index in [1.807, 2.05) is 0 Å². The van der Waals surface area contributed by atoms with Gasteiger partial charge in [0.1, 0.15) is 0 Å². The summed E-state index contributed by atoms with van der Waals surface area (Å²) in [5.41, 5.74) is 1.25. The van der Waals surface area contributed by atoms with Crippen LogP contribution in [0.25, 0.3) is 6.08 Å². The number of phenols is 2. The average Bonchev–Trinajstić information content (AvgIpc) is 2.59. The van der Waals surface area contributed by atoms with Crippen molar-refractivity contribution in [3.8, 4) is 11.5 Å². The van der Waals surface area contributed by atoms with Crippen molar-refractivity contribution in [3.05, 3.63) is 29.3 Å². The molecule has 15 heavy (non-hydrogen) atoms. The van der Waals surface area contributed by atoms with Crippen molar-refractivity contribution >= 4 is 12.0 Å². The number of esters is 1. The zero-order valence-corrected chi connectivity index (χ0v) is 7.93. The SMILES string of the molecule is O=C1OCC/C1=C/c1ccc(O)c(O)c1. The fourth-order valence-corrected chi connectivity index (χ4v) is 1.41. The van der Waals surface area contributed by atoms with Gasteiger partial charge in [0.15, 0.2) is 11.5 Å². The highest BCUT2D eigenvalue weighted by atomic mass is 16.5. The molecular weight excluding hydrogens is 196 g/mol. The summed E-state index contributed by atoms with van der Waals surface area (Å²) in [5.74, 6) is -0.690. The van der Waals surface area contributed by atoms with Crippen molar-refractivity contribution in [3.63, 3.8) is 0 Å².